The number of piperidine rings is 1. The van der Waals surface area contributed by atoms with Crippen molar-refractivity contribution < 1.29 is 9.59 Å². The fraction of sp³-hybridized carbons (Fsp3) is 0.409. The largest absolute Gasteiger partial charge is 0.372 e. The number of nitrogens with zero attached hydrogens (tertiary/aromatic N) is 4. The van der Waals surface area contributed by atoms with E-state index in [1.807, 2.05) is 18.2 Å². The highest BCUT2D eigenvalue weighted by molar-refractivity contribution is 6.03. The molecule has 2 amide bonds. The van der Waals surface area contributed by atoms with E-state index in [2.05, 4.69) is 32.2 Å². The molecule has 0 saturated carbocycles. The Labute approximate surface area is 171 Å². The molecule has 1 aromatic carbocycles. The number of aromatic nitrogens is 1. The van der Waals surface area contributed by atoms with Crippen LogP contribution < -0.4 is 15.1 Å². The van der Waals surface area contributed by atoms with Gasteiger partial charge in [-0.3, -0.25) is 9.59 Å². The van der Waals surface area contributed by atoms with Crippen LogP contribution in [0.1, 0.15) is 29.8 Å². The number of hydrogen-bond acceptors (Lipinski definition) is 5. The van der Waals surface area contributed by atoms with E-state index in [0.29, 0.717) is 18.8 Å². The Morgan fingerprint density at radius 2 is 1.48 bits per heavy atom. The predicted octanol–water partition coefficient (Wildman–Crippen LogP) is 2.60. The Morgan fingerprint density at radius 1 is 0.828 bits per heavy atom. The first-order valence-corrected chi connectivity index (χ1v) is 10.3. The van der Waals surface area contributed by atoms with Crippen molar-refractivity contribution in [3.63, 3.8) is 0 Å². The van der Waals surface area contributed by atoms with Crippen LogP contribution in [0.25, 0.3) is 0 Å². The summed E-state index contributed by atoms with van der Waals surface area (Å²) in [6.07, 6.45) is 6.41. The Bertz CT molecular complexity index is 823. The summed E-state index contributed by atoms with van der Waals surface area (Å²) in [5.41, 5.74) is 3.34. The van der Waals surface area contributed by atoms with Gasteiger partial charge < -0.3 is 20.0 Å². The molecule has 0 bridgehead atoms. The van der Waals surface area contributed by atoms with Crippen LogP contribution in [-0.4, -0.2) is 61.5 Å². The number of anilines is 3. The second-order valence-corrected chi connectivity index (χ2v) is 7.58. The fourth-order valence-electron chi connectivity index (χ4n) is 3.90. The number of hydrogen-bond donors (Lipinski definition) is 1. The quantitative estimate of drug-likeness (QED) is 0.791. The minimum atomic E-state index is -0.215. The van der Waals surface area contributed by atoms with Crippen LogP contribution in [0.3, 0.4) is 0 Å². The van der Waals surface area contributed by atoms with Crippen molar-refractivity contribution in [1.82, 2.24) is 9.88 Å². The lowest BCUT2D eigenvalue weighted by atomic mass is 10.1. The molecule has 7 nitrogen and oxygen atoms in total. The third kappa shape index (κ3) is 4.67. The summed E-state index contributed by atoms with van der Waals surface area (Å²) in [4.78, 5) is 34.0. The highest BCUT2D eigenvalue weighted by Crippen LogP contribution is 2.22. The topological polar surface area (TPSA) is 68.8 Å². The molecule has 1 aromatic heterocycles. The molecule has 29 heavy (non-hydrogen) atoms. The molecule has 0 atom stereocenters. The zero-order valence-corrected chi connectivity index (χ0v) is 16.6. The van der Waals surface area contributed by atoms with Crippen molar-refractivity contribution in [1.29, 1.82) is 0 Å². The lowest BCUT2D eigenvalue weighted by molar-refractivity contribution is -0.118. The molecule has 3 heterocycles. The molecule has 0 unspecified atom stereocenters. The normalized spacial score (nSPS) is 17.2. The number of nitrogens with one attached hydrogen (secondary N) is 1. The van der Waals surface area contributed by atoms with Crippen LogP contribution in [0.4, 0.5) is 17.1 Å². The number of carbonyl (C=O) groups excluding carboxylic acids is 2. The van der Waals surface area contributed by atoms with Gasteiger partial charge in [-0.2, -0.15) is 0 Å². The Kier molecular flexibility index (Phi) is 5.93. The first kappa shape index (κ1) is 19.2. The molecule has 0 radical (unpaired) electrons. The first-order valence-electron chi connectivity index (χ1n) is 10.3. The van der Waals surface area contributed by atoms with Crippen molar-refractivity contribution >= 4 is 29.4 Å². The van der Waals surface area contributed by atoms with Gasteiger partial charge in [0.15, 0.2) is 0 Å². The van der Waals surface area contributed by atoms with Crippen molar-refractivity contribution in [2.24, 2.45) is 0 Å². The van der Waals surface area contributed by atoms with Gasteiger partial charge in [0, 0.05) is 50.6 Å². The van der Waals surface area contributed by atoms with Gasteiger partial charge >= 0.3 is 0 Å². The molecule has 2 aliphatic rings. The predicted molar refractivity (Wildman–Crippen MR) is 115 cm³/mol. The lowest BCUT2D eigenvalue weighted by Crippen LogP contribution is -2.45. The molecule has 2 aliphatic heterocycles. The summed E-state index contributed by atoms with van der Waals surface area (Å²) in [6.45, 7) is 5.17. The van der Waals surface area contributed by atoms with E-state index < -0.39 is 0 Å². The maximum absolute atomic E-state index is 12.5. The van der Waals surface area contributed by atoms with E-state index in [4.69, 9.17) is 0 Å². The Balaban J connectivity index is 1.34. The second-order valence-electron chi connectivity index (χ2n) is 7.58. The highest BCUT2D eigenvalue weighted by atomic mass is 16.2. The number of rotatable bonds is 5. The van der Waals surface area contributed by atoms with Crippen LogP contribution in [0.5, 0.6) is 0 Å². The second kappa shape index (κ2) is 8.94. The van der Waals surface area contributed by atoms with E-state index in [1.54, 1.807) is 17.2 Å². The Hall–Kier alpha value is -3.09. The van der Waals surface area contributed by atoms with Gasteiger partial charge in [-0.25, -0.2) is 4.98 Å². The number of pyridine rings is 1. The van der Waals surface area contributed by atoms with E-state index in [1.165, 1.54) is 24.9 Å². The third-order valence-electron chi connectivity index (χ3n) is 5.66. The summed E-state index contributed by atoms with van der Waals surface area (Å²) < 4.78 is 0. The molecule has 4 rings (SSSR count). The molecule has 2 aromatic rings. The summed E-state index contributed by atoms with van der Waals surface area (Å²) in [5.74, 6) is -0.215. The number of benzene rings is 1. The smallest absolute Gasteiger partial charge is 0.274 e. The minimum Gasteiger partial charge on any atom is -0.372 e. The average Bonchev–Trinajstić information content (AvgIpc) is 2.80. The van der Waals surface area contributed by atoms with Gasteiger partial charge in [-0.1, -0.05) is 0 Å². The van der Waals surface area contributed by atoms with Crippen molar-refractivity contribution in [3.05, 3.63) is 48.3 Å². The van der Waals surface area contributed by atoms with E-state index in [-0.39, 0.29) is 5.91 Å². The van der Waals surface area contributed by atoms with E-state index in [0.717, 1.165) is 44.0 Å². The average molecular weight is 393 g/mol. The van der Waals surface area contributed by atoms with Gasteiger partial charge in [-0.05, 0) is 55.7 Å². The summed E-state index contributed by atoms with van der Waals surface area (Å²) in [7, 11) is 0. The van der Waals surface area contributed by atoms with Gasteiger partial charge in [0.05, 0.1) is 11.9 Å². The SMILES string of the molecule is O=CN1CCN(c2ccc(C(=O)Nc3ccc(N4CCCCC4)cc3)nc2)CC1. The molecular formula is C22H27N5O2. The van der Waals surface area contributed by atoms with Crippen molar-refractivity contribution in [3.8, 4) is 0 Å². The van der Waals surface area contributed by atoms with Crippen molar-refractivity contribution in [2.45, 2.75) is 19.3 Å². The molecule has 1 N–H and O–H groups in total. The van der Waals surface area contributed by atoms with Crippen LogP contribution >= 0.6 is 0 Å². The highest BCUT2D eigenvalue weighted by Gasteiger charge is 2.17. The Morgan fingerprint density at radius 3 is 2.10 bits per heavy atom. The van der Waals surface area contributed by atoms with Gasteiger partial charge in [0.25, 0.3) is 5.91 Å². The zero-order valence-electron chi connectivity index (χ0n) is 16.6. The maximum atomic E-state index is 12.5. The monoisotopic (exact) mass is 393 g/mol. The number of carbonyl (C=O) groups is 2. The first-order chi connectivity index (χ1) is 14.2. The number of piperazine rings is 1. The lowest BCUT2D eigenvalue weighted by Gasteiger charge is -2.33. The molecule has 152 valence electrons. The van der Waals surface area contributed by atoms with Gasteiger partial charge in [0.1, 0.15) is 5.69 Å². The summed E-state index contributed by atoms with van der Waals surface area (Å²) in [5, 5.41) is 2.92. The van der Waals surface area contributed by atoms with Crippen LogP contribution in [0.2, 0.25) is 0 Å². The van der Waals surface area contributed by atoms with Crippen molar-refractivity contribution in [2.75, 3.05) is 54.4 Å². The summed E-state index contributed by atoms with van der Waals surface area (Å²) in [6, 6.07) is 11.7. The van der Waals surface area contributed by atoms with Crippen LogP contribution in [0, 0.1) is 0 Å². The molecule has 2 saturated heterocycles. The molecular weight excluding hydrogens is 366 g/mol. The minimum absolute atomic E-state index is 0.215. The fourth-order valence-corrected chi connectivity index (χ4v) is 3.90. The van der Waals surface area contributed by atoms with Gasteiger partial charge in [0.2, 0.25) is 6.41 Å². The third-order valence-corrected chi connectivity index (χ3v) is 5.66. The van der Waals surface area contributed by atoms with Crippen LogP contribution in [-0.2, 0) is 4.79 Å². The summed E-state index contributed by atoms with van der Waals surface area (Å²) >= 11 is 0. The number of amides is 2. The molecule has 0 spiro atoms. The van der Waals surface area contributed by atoms with Crippen LogP contribution in [0.15, 0.2) is 42.6 Å². The maximum Gasteiger partial charge on any atom is 0.274 e. The zero-order chi connectivity index (χ0) is 20.1. The molecule has 7 heteroatoms. The van der Waals surface area contributed by atoms with E-state index >= 15 is 0 Å². The molecule has 0 aliphatic carbocycles. The molecule has 2 fully saturated rings. The standard InChI is InChI=1S/C22H27N5O2/c28-17-25-12-14-27(15-13-25)20-8-9-21(23-16-20)22(29)24-18-4-6-19(7-5-18)26-10-2-1-3-11-26/h4-9,16-17H,1-3,10-15H2,(H,24,29). The van der Waals surface area contributed by atoms with E-state index in [9.17, 15) is 9.59 Å². The van der Waals surface area contributed by atoms with Gasteiger partial charge in [-0.15, -0.1) is 0 Å².